The average molecular weight is 258 g/mol. The van der Waals surface area contributed by atoms with Crippen LogP contribution in [0.4, 0.5) is 5.69 Å². The Bertz CT molecular complexity index is 521. The number of hydrogen-bond donors (Lipinski definition) is 1. The highest BCUT2D eigenvalue weighted by Gasteiger charge is 2.31. The smallest absolute Gasteiger partial charge is 0.181 e. The Morgan fingerprint density at radius 2 is 2.37 bits per heavy atom. The Balaban J connectivity index is 1.75. The van der Waals surface area contributed by atoms with E-state index in [1.165, 1.54) is 19.2 Å². The van der Waals surface area contributed by atoms with Crippen molar-refractivity contribution in [2.45, 2.75) is 18.9 Å². The standard InChI is InChI=1S/C15H18N2O2/c1-18-9-14(11-5-6-11)17-13-4-2-3-12(7-13)15-8-16-10-19-15/h2-4,7-8,10-11,14,17H,5-6,9H2,1H3. The normalized spacial score (nSPS) is 16.3. The summed E-state index contributed by atoms with van der Waals surface area (Å²) >= 11 is 0. The lowest BCUT2D eigenvalue weighted by Crippen LogP contribution is -2.27. The van der Waals surface area contributed by atoms with Crippen LogP contribution < -0.4 is 5.32 Å². The highest BCUT2D eigenvalue weighted by molar-refractivity contribution is 5.63. The molecule has 1 heterocycles. The van der Waals surface area contributed by atoms with Crippen LogP contribution in [0.25, 0.3) is 11.3 Å². The lowest BCUT2D eigenvalue weighted by molar-refractivity contribution is 0.179. The molecule has 0 amide bonds. The van der Waals surface area contributed by atoms with Crippen molar-refractivity contribution in [3.8, 4) is 11.3 Å². The monoisotopic (exact) mass is 258 g/mol. The number of benzene rings is 1. The van der Waals surface area contributed by atoms with Gasteiger partial charge in [-0.15, -0.1) is 0 Å². The van der Waals surface area contributed by atoms with E-state index in [4.69, 9.17) is 9.15 Å². The summed E-state index contributed by atoms with van der Waals surface area (Å²) in [6.07, 6.45) is 5.77. The number of oxazole rings is 1. The number of hydrogen-bond acceptors (Lipinski definition) is 4. The van der Waals surface area contributed by atoms with Crippen LogP contribution in [0.3, 0.4) is 0 Å². The molecule has 100 valence electrons. The lowest BCUT2D eigenvalue weighted by Gasteiger charge is -2.18. The highest BCUT2D eigenvalue weighted by Crippen LogP contribution is 2.34. The van der Waals surface area contributed by atoms with Crippen LogP contribution in [-0.2, 0) is 4.74 Å². The van der Waals surface area contributed by atoms with Gasteiger partial charge in [0, 0.05) is 18.4 Å². The number of rotatable bonds is 6. The van der Waals surface area contributed by atoms with Crippen LogP contribution in [0.2, 0.25) is 0 Å². The molecule has 0 aliphatic heterocycles. The molecule has 1 aromatic carbocycles. The Morgan fingerprint density at radius 3 is 3.05 bits per heavy atom. The largest absolute Gasteiger partial charge is 0.444 e. The maximum absolute atomic E-state index is 5.32. The summed E-state index contributed by atoms with van der Waals surface area (Å²) in [6, 6.07) is 8.61. The van der Waals surface area contributed by atoms with Gasteiger partial charge in [-0.2, -0.15) is 0 Å². The zero-order valence-electron chi connectivity index (χ0n) is 11.0. The van der Waals surface area contributed by atoms with Gasteiger partial charge in [0.2, 0.25) is 0 Å². The second kappa shape index (κ2) is 5.45. The fourth-order valence-corrected chi connectivity index (χ4v) is 2.31. The summed E-state index contributed by atoms with van der Waals surface area (Å²) in [4.78, 5) is 3.95. The van der Waals surface area contributed by atoms with Crippen LogP contribution in [0.15, 0.2) is 41.3 Å². The van der Waals surface area contributed by atoms with E-state index >= 15 is 0 Å². The van der Waals surface area contributed by atoms with Crippen molar-refractivity contribution in [2.24, 2.45) is 5.92 Å². The molecule has 0 radical (unpaired) electrons. The van der Waals surface area contributed by atoms with Crippen LogP contribution in [-0.4, -0.2) is 24.7 Å². The molecule has 3 rings (SSSR count). The van der Waals surface area contributed by atoms with Crippen molar-refractivity contribution in [2.75, 3.05) is 19.0 Å². The molecular formula is C15H18N2O2. The number of aromatic nitrogens is 1. The molecule has 0 spiro atoms. The minimum Gasteiger partial charge on any atom is -0.444 e. The van der Waals surface area contributed by atoms with E-state index in [9.17, 15) is 0 Å². The summed E-state index contributed by atoms with van der Waals surface area (Å²) in [7, 11) is 1.75. The van der Waals surface area contributed by atoms with Crippen LogP contribution >= 0.6 is 0 Å². The lowest BCUT2D eigenvalue weighted by atomic mass is 10.1. The van der Waals surface area contributed by atoms with E-state index in [1.807, 2.05) is 12.1 Å². The molecule has 1 aliphatic carbocycles. The first kappa shape index (κ1) is 12.2. The molecular weight excluding hydrogens is 240 g/mol. The van der Waals surface area contributed by atoms with Gasteiger partial charge in [-0.25, -0.2) is 4.98 Å². The third kappa shape index (κ3) is 2.96. The Morgan fingerprint density at radius 1 is 1.47 bits per heavy atom. The van der Waals surface area contributed by atoms with E-state index < -0.39 is 0 Å². The van der Waals surface area contributed by atoms with Crippen molar-refractivity contribution in [1.29, 1.82) is 0 Å². The first-order chi connectivity index (χ1) is 9.36. The Kier molecular flexibility index (Phi) is 3.51. The second-order valence-corrected chi connectivity index (χ2v) is 4.99. The second-order valence-electron chi connectivity index (χ2n) is 4.99. The van der Waals surface area contributed by atoms with Crippen molar-refractivity contribution < 1.29 is 9.15 Å². The molecule has 1 aliphatic rings. The molecule has 4 nitrogen and oxygen atoms in total. The molecule has 1 aromatic heterocycles. The van der Waals surface area contributed by atoms with Crippen molar-refractivity contribution >= 4 is 5.69 Å². The fourth-order valence-electron chi connectivity index (χ4n) is 2.31. The molecule has 0 bridgehead atoms. The molecule has 1 atom stereocenters. The van der Waals surface area contributed by atoms with Gasteiger partial charge < -0.3 is 14.5 Å². The molecule has 1 fully saturated rings. The Labute approximate surface area is 112 Å². The number of methoxy groups -OCH3 is 1. The van der Waals surface area contributed by atoms with Gasteiger partial charge in [-0.05, 0) is 30.9 Å². The summed E-state index contributed by atoms with van der Waals surface area (Å²) in [6.45, 7) is 0.747. The van der Waals surface area contributed by atoms with Crippen molar-refractivity contribution in [1.82, 2.24) is 4.98 Å². The molecule has 1 unspecified atom stereocenters. The molecule has 19 heavy (non-hydrogen) atoms. The zero-order chi connectivity index (χ0) is 13.1. The Hall–Kier alpha value is -1.81. The van der Waals surface area contributed by atoms with Gasteiger partial charge >= 0.3 is 0 Å². The molecule has 1 saturated carbocycles. The van der Waals surface area contributed by atoms with E-state index in [0.29, 0.717) is 6.04 Å². The predicted molar refractivity (Wildman–Crippen MR) is 73.9 cm³/mol. The predicted octanol–water partition coefficient (Wildman–Crippen LogP) is 3.18. The fraction of sp³-hybridized carbons (Fsp3) is 0.400. The van der Waals surface area contributed by atoms with Gasteiger partial charge in [-0.3, -0.25) is 0 Å². The van der Waals surface area contributed by atoms with Crippen LogP contribution in [0.1, 0.15) is 12.8 Å². The third-order valence-electron chi connectivity index (χ3n) is 3.47. The SMILES string of the molecule is COCC(Nc1cccc(-c2cnco2)c1)C1CC1. The van der Waals surface area contributed by atoms with Crippen LogP contribution in [0.5, 0.6) is 0 Å². The minimum absolute atomic E-state index is 0.398. The molecule has 2 aromatic rings. The average Bonchev–Trinajstić information content (AvgIpc) is 3.13. The first-order valence-electron chi connectivity index (χ1n) is 6.61. The van der Waals surface area contributed by atoms with E-state index in [1.54, 1.807) is 13.3 Å². The first-order valence-corrected chi connectivity index (χ1v) is 6.61. The van der Waals surface area contributed by atoms with Gasteiger partial charge in [0.15, 0.2) is 12.2 Å². The molecule has 0 saturated heterocycles. The maximum Gasteiger partial charge on any atom is 0.181 e. The number of anilines is 1. The van der Waals surface area contributed by atoms with Crippen LogP contribution in [0, 0.1) is 5.92 Å². The minimum atomic E-state index is 0.398. The number of nitrogens with zero attached hydrogens (tertiary/aromatic N) is 1. The summed E-state index contributed by atoms with van der Waals surface area (Å²) in [5, 5.41) is 3.56. The van der Waals surface area contributed by atoms with Gasteiger partial charge in [-0.1, -0.05) is 12.1 Å². The third-order valence-corrected chi connectivity index (χ3v) is 3.47. The highest BCUT2D eigenvalue weighted by atomic mass is 16.5. The molecule has 4 heteroatoms. The van der Waals surface area contributed by atoms with E-state index in [2.05, 4.69) is 22.4 Å². The van der Waals surface area contributed by atoms with Crippen molar-refractivity contribution in [3.63, 3.8) is 0 Å². The summed E-state index contributed by atoms with van der Waals surface area (Å²) < 4.78 is 10.6. The maximum atomic E-state index is 5.32. The number of ether oxygens (including phenoxy) is 1. The zero-order valence-corrected chi connectivity index (χ0v) is 11.0. The van der Waals surface area contributed by atoms with Gasteiger partial charge in [0.25, 0.3) is 0 Å². The van der Waals surface area contributed by atoms with E-state index in [0.717, 1.165) is 29.5 Å². The van der Waals surface area contributed by atoms with E-state index in [-0.39, 0.29) is 0 Å². The van der Waals surface area contributed by atoms with Gasteiger partial charge in [0.1, 0.15) is 0 Å². The number of nitrogens with one attached hydrogen (secondary N) is 1. The topological polar surface area (TPSA) is 47.3 Å². The molecule has 1 N–H and O–H groups in total. The summed E-state index contributed by atoms with van der Waals surface area (Å²) in [5.41, 5.74) is 2.14. The van der Waals surface area contributed by atoms with Gasteiger partial charge in [0.05, 0.1) is 18.8 Å². The van der Waals surface area contributed by atoms with Crippen molar-refractivity contribution in [3.05, 3.63) is 36.9 Å². The quantitative estimate of drug-likeness (QED) is 0.864. The summed E-state index contributed by atoms with van der Waals surface area (Å²) in [5.74, 6) is 1.53.